The van der Waals surface area contributed by atoms with Gasteiger partial charge in [-0.1, -0.05) is 24.3 Å². The third-order valence-electron chi connectivity index (χ3n) is 3.89. The van der Waals surface area contributed by atoms with E-state index >= 15 is 0 Å². The number of rotatable bonds is 2. The molecule has 0 heterocycles. The van der Waals surface area contributed by atoms with Crippen LogP contribution >= 0.6 is 0 Å². The van der Waals surface area contributed by atoms with Gasteiger partial charge in [0.25, 0.3) is 0 Å². The molecule has 1 N–H and O–H groups in total. The highest BCUT2D eigenvalue weighted by Crippen LogP contribution is 2.34. The van der Waals surface area contributed by atoms with Crippen molar-refractivity contribution in [2.24, 2.45) is 0 Å². The summed E-state index contributed by atoms with van der Waals surface area (Å²) in [5, 5.41) is 3.61. The average molecular weight is 279 g/mol. The van der Waals surface area contributed by atoms with E-state index < -0.39 is 10.8 Å². The molecule has 0 saturated heterocycles. The van der Waals surface area contributed by atoms with E-state index in [0.29, 0.717) is 0 Å². The van der Waals surface area contributed by atoms with Gasteiger partial charge in [-0.25, -0.2) is 0 Å². The first-order valence-corrected chi connectivity index (χ1v) is 8.32. The normalized spacial score (nSPS) is 25.5. The minimum Gasteiger partial charge on any atom is -0.312 e. The number of hydrogen-bond donors (Lipinski definition) is 1. The Morgan fingerprint density at radius 1 is 1.26 bits per heavy atom. The van der Waals surface area contributed by atoms with Gasteiger partial charge in [0.2, 0.25) is 0 Å². The highest BCUT2D eigenvalue weighted by atomic mass is 32.2. The first-order chi connectivity index (χ1) is 8.95. The standard InChI is InChI=1S/C16H25NOS/c1-16(2,3)19(18)14-11-7-9-12-8-5-6-10-13(12)15(14)17-4/h5-6,8,10,14-15,17H,7,9,11H2,1-4H3. The highest BCUT2D eigenvalue weighted by Gasteiger charge is 2.35. The zero-order chi connectivity index (χ0) is 14.0. The van der Waals surface area contributed by atoms with Crippen LogP contribution in [0.15, 0.2) is 24.3 Å². The van der Waals surface area contributed by atoms with Gasteiger partial charge in [-0.15, -0.1) is 0 Å². The van der Waals surface area contributed by atoms with Crippen LogP contribution < -0.4 is 5.32 Å². The van der Waals surface area contributed by atoms with Crippen LogP contribution in [0.1, 0.15) is 50.8 Å². The Kier molecular flexibility index (Phi) is 4.46. The molecule has 1 aromatic rings. The van der Waals surface area contributed by atoms with Gasteiger partial charge in [0.1, 0.15) is 0 Å². The molecule has 0 fully saturated rings. The van der Waals surface area contributed by atoms with Crippen molar-refractivity contribution in [2.45, 2.75) is 56.1 Å². The topological polar surface area (TPSA) is 29.1 Å². The van der Waals surface area contributed by atoms with Crippen molar-refractivity contribution in [1.29, 1.82) is 0 Å². The summed E-state index contributed by atoms with van der Waals surface area (Å²) in [7, 11) is 1.15. The number of fused-ring (bicyclic) bond motifs is 1. The molecule has 1 aliphatic rings. The van der Waals surface area contributed by atoms with Gasteiger partial charge in [-0.05, 0) is 58.2 Å². The van der Waals surface area contributed by atoms with Crippen molar-refractivity contribution in [3.63, 3.8) is 0 Å². The molecule has 0 aromatic heterocycles. The quantitative estimate of drug-likeness (QED) is 0.842. The summed E-state index contributed by atoms with van der Waals surface area (Å²) in [6, 6.07) is 8.80. The monoisotopic (exact) mass is 279 g/mol. The zero-order valence-corrected chi connectivity index (χ0v) is 13.2. The van der Waals surface area contributed by atoms with Gasteiger partial charge in [0.15, 0.2) is 0 Å². The Hall–Kier alpha value is -0.670. The lowest BCUT2D eigenvalue weighted by molar-refractivity contribution is 0.520. The molecule has 0 radical (unpaired) electrons. The SMILES string of the molecule is CNC1c2ccccc2CCCC1S(=O)C(C)(C)C. The molecule has 3 heteroatoms. The van der Waals surface area contributed by atoms with Crippen LogP contribution in [0.25, 0.3) is 0 Å². The second-order valence-electron chi connectivity index (χ2n) is 6.31. The van der Waals surface area contributed by atoms with Crippen LogP contribution in [0, 0.1) is 0 Å². The van der Waals surface area contributed by atoms with Crippen molar-refractivity contribution < 1.29 is 4.21 Å². The van der Waals surface area contributed by atoms with Gasteiger partial charge in [-0.2, -0.15) is 0 Å². The van der Waals surface area contributed by atoms with Gasteiger partial charge in [0.05, 0.1) is 5.25 Å². The Bertz CT molecular complexity index is 464. The Balaban J connectivity index is 2.39. The fraction of sp³-hybridized carbons (Fsp3) is 0.625. The molecular weight excluding hydrogens is 254 g/mol. The lowest BCUT2D eigenvalue weighted by atomic mass is 9.99. The van der Waals surface area contributed by atoms with E-state index in [1.807, 2.05) is 7.05 Å². The molecule has 19 heavy (non-hydrogen) atoms. The van der Waals surface area contributed by atoms with Crippen molar-refractivity contribution in [3.8, 4) is 0 Å². The molecule has 2 rings (SSSR count). The van der Waals surface area contributed by atoms with Crippen LogP contribution in [0.2, 0.25) is 0 Å². The van der Waals surface area contributed by atoms with E-state index in [4.69, 9.17) is 0 Å². The summed E-state index contributed by atoms with van der Waals surface area (Å²) >= 11 is 0. The summed E-state index contributed by atoms with van der Waals surface area (Å²) in [5.74, 6) is 0. The van der Waals surface area contributed by atoms with E-state index in [0.717, 1.165) is 19.3 Å². The maximum Gasteiger partial charge on any atom is 0.0548 e. The molecule has 3 atom stereocenters. The molecule has 1 aliphatic carbocycles. The second-order valence-corrected chi connectivity index (χ2v) is 8.73. The summed E-state index contributed by atoms with van der Waals surface area (Å²) < 4.78 is 12.7. The molecule has 0 spiro atoms. The van der Waals surface area contributed by atoms with Gasteiger partial charge in [0, 0.05) is 21.6 Å². The lowest BCUT2D eigenvalue weighted by Gasteiger charge is -2.31. The smallest absolute Gasteiger partial charge is 0.0548 e. The molecular formula is C16H25NOS. The maximum absolute atomic E-state index is 12.8. The van der Waals surface area contributed by atoms with Gasteiger partial charge < -0.3 is 5.32 Å². The molecule has 2 nitrogen and oxygen atoms in total. The van der Waals surface area contributed by atoms with Crippen LogP contribution in [-0.2, 0) is 17.2 Å². The van der Waals surface area contributed by atoms with E-state index in [1.54, 1.807) is 0 Å². The Morgan fingerprint density at radius 2 is 1.95 bits per heavy atom. The van der Waals surface area contributed by atoms with Crippen molar-refractivity contribution in [1.82, 2.24) is 5.32 Å². The summed E-state index contributed by atoms with van der Waals surface area (Å²) in [4.78, 5) is 0. The molecule has 1 aromatic carbocycles. The minimum atomic E-state index is -0.835. The third kappa shape index (κ3) is 3.09. The van der Waals surface area contributed by atoms with Gasteiger partial charge in [-0.3, -0.25) is 4.21 Å². The average Bonchev–Trinajstić information content (AvgIpc) is 2.55. The van der Waals surface area contributed by atoms with Crippen molar-refractivity contribution in [3.05, 3.63) is 35.4 Å². The first kappa shape index (κ1) is 14.7. The van der Waals surface area contributed by atoms with Crippen molar-refractivity contribution >= 4 is 10.8 Å². The molecule has 0 bridgehead atoms. The molecule has 0 saturated carbocycles. The molecule has 0 aliphatic heterocycles. The predicted octanol–water partition coefficient (Wildman–Crippen LogP) is 3.20. The van der Waals surface area contributed by atoms with Crippen LogP contribution in [-0.4, -0.2) is 21.3 Å². The van der Waals surface area contributed by atoms with Crippen LogP contribution in [0.4, 0.5) is 0 Å². The maximum atomic E-state index is 12.8. The molecule has 106 valence electrons. The number of aryl methyl sites for hydroxylation is 1. The first-order valence-electron chi connectivity index (χ1n) is 7.11. The fourth-order valence-corrected chi connectivity index (χ4v) is 4.77. The highest BCUT2D eigenvalue weighted by molar-refractivity contribution is 7.87. The third-order valence-corrected chi connectivity index (χ3v) is 6.15. The molecule has 3 unspecified atom stereocenters. The van der Waals surface area contributed by atoms with Crippen LogP contribution in [0.3, 0.4) is 0 Å². The minimum absolute atomic E-state index is 0.154. The van der Waals surface area contributed by atoms with E-state index in [2.05, 4.69) is 50.4 Å². The summed E-state index contributed by atoms with van der Waals surface area (Å²) in [6.07, 6.45) is 3.26. The number of hydrogen-bond acceptors (Lipinski definition) is 2. The fourth-order valence-electron chi connectivity index (χ4n) is 2.95. The summed E-state index contributed by atoms with van der Waals surface area (Å²) in [5.41, 5.74) is 2.75. The lowest BCUT2D eigenvalue weighted by Crippen LogP contribution is -2.39. The zero-order valence-electron chi connectivity index (χ0n) is 12.4. The van der Waals surface area contributed by atoms with E-state index in [9.17, 15) is 4.21 Å². The number of benzene rings is 1. The van der Waals surface area contributed by atoms with Crippen molar-refractivity contribution in [2.75, 3.05) is 7.05 Å². The van der Waals surface area contributed by atoms with E-state index in [1.165, 1.54) is 11.1 Å². The predicted molar refractivity (Wildman–Crippen MR) is 82.9 cm³/mol. The summed E-state index contributed by atoms with van der Waals surface area (Å²) in [6.45, 7) is 6.23. The Labute approximate surface area is 119 Å². The number of nitrogens with one attached hydrogen (secondary N) is 1. The van der Waals surface area contributed by atoms with E-state index in [-0.39, 0.29) is 16.0 Å². The van der Waals surface area contributed by atoms with Gasteiger partial charge >= 0.3 is 0 Å². The van der Waals surface area contributed by atoms with Crippen LogP contribution in [0.5, 0.6) is 0 Å². The second kappa shape index (κ2) is 5.76. The Morgan fingerprint density at radius 3 is 2.58 bits per heavy atom. The molecule has 0 amide bonds. The largest absolute Gasteiger partial charge is 0.312 e.